The molecule has 0 atom stereocenters. The van der Waals surface area contributed by atoms with Crippen LogP contribution in [0.2, 0.25) is 0 Å². The van der Waals surface area contributed by atoms with Gasteiger partial charge in [0.1, 0.15) is 17.7 Å². The molecule has 1 aromatic carbocycles. The smallest absolute Gasteiger partial charge is 0.257 e. The fraction of sp³-hybridized carbons (Fsp3) is 0.154. The maximum Gasteiger partial charge on any atom is 0.257 e. The number of rotatable bonds is 4. The van der Waals surface area contributed by atoms with Crippen molar-refractivity contribution < 1.29 is 4.79 Å². The van der Waals surface area contributed by atoms with Crippen LogP contribution >= 0.6 is 11.3 Å². The van der Waals surface area contributed by atoms with Crippen LogP contribution < -0.4 is 5.32 Å². The van der Waals surface area contributed by atoms with Crippen molar-refractivity contribution >= 4 is 22.4 Å². The van der Waals surface area contributed by atoms with E-state index in [1.807, 2.05) is 19.1 Å². The summed E-state index contributed by atoms with van der Waals surface area (Å²) in [5.41, 5.74) is 1.70. The van der Waals surface area contributed by atoms with E-state index in [-0.39, 0.29) is 5.91 Å². The minimum absolute atomic E-state index is 0.196. The number of benzene rings is 1. The maximum absolute atomic E-state index is 12.1. The largest absolute Gasteiger partial charge is 0.296 e. The molecule has 3 aromatic rings. The molecular weight excluding hydrogens is 288 g/mol. The highest BCUT2D eigenvalue weighted by molar-refractivity contribution is 7.15. The summed E-state index contributed by atoms with van der Waals surface area (Å²) in [4.78, 5) is 15.9. The van der Waals surface area contributed by atoms with E-state index < -0.39 is 0 Å². The Morgan fingerprint density at radius 3 is 2.81 bits per heavy atom. The molecule has 1 N–H and O–H groups in total. The van der Waals surface area contributed by atoms with Crippen molar-refractivity contribution in [2.24, 2.45) is 0 Å². The van der Waals surface area contributed by atoms with Crippen LogP contribution in [0.5, 0.6) is 0 Å². The second-order valence-corrected chi connectivity index (χ2v) is 5.48. The summed E-state index contributed by atoms with van der Waals surface area (Å²) >= 11 is 1.31. The lowest BCUT2D eigenvalue weighted by Crippen LogP contribution is -2.11. The summed E-state index contributed by atoms with van der Waals surface area (Å²) in [5.74, 6) is -0.196. The van der Waals surface area contributed by atoms with Crippen LogP contribution in [0, 0.1) is 6.92 Å². The van der Waals surface area contributed by atoms with Gasteiger partial charge in [-0.15, -0.1) is 10.2 Å². The van der Waals surface area contributed by atoms with Crippen molar-refractivity contribution in [2.45, 2.75) is 13.5 Å². The van der Waals surface area contributed by atoms with Crippen molar-refractivity contribution in [1.82, 2.24) is 25.0 Å². The highest BCUT2D eigenvalue weighted by Crippen LogP contribution is 2.17. The van der Waals surface area contributed by atoms with Crippen molar-refractivity contribution in [1.29, 1.82) is 0 Å². The zero-order valence-electron chi connectivity index (χ0n) is 11.2. The molecule has 7 nitrogen and oxygen atoms in total. The molecule has 0 unspecified atom stereocenters. The minimum Gasteiger partial charge on any atom is -0.296 e. The van der Waals surface area contributed by atoms with Crippen molar-refractivity contribution in [2.75, 3.05) is 5.32 Å². The topological polar surface area (TPSA) is 85.6 Å². The second-order valence-electron chi connectivity index (χ2n) is 4.41. The Hall–Kier alpha value is -2.61. The number of amides is 1. The van der Waals surface area contributed by atoms with Gasteiger partial charge in [-0.05, 0) is 19.1 Å². The predicted octanol–water partition coefficient (Wildman–Crippen LogP) is 1.74. The molecule has 106 valence electrons. The number of aryl methyl sites for hydroxylation is 1. The highest BCUT2D eigenvalue weighted by Gasteiger charge is 2.10. The maximum atomic E-state index is 12.1. The van der Waals surface area contributed by atoms with E-state index in [0.717, 1.165) is 10.6 Å². The second kappa shape index (κ2) is 5.80. The zero-order chi connectivity index (χ0) is 14.7. The molecule has 0 saturated heterocycles. The fourth-order valence-corrected chi connectivity index (χ4v) is 2.42. The fourth-order valence-electron chi connectivity index (χ4n) is 1.70. The molecular formula is C13H12N6OS. The molecule has 0 fully saturated rings. The molecule has 2 aromatic heterocycles. The van der Waals surface area contributed by atoms with Gasteiger partial charge in [0.25, 0.3) is 5.91 Å². The van der Waals surface area contributed by atoms with Gasteiger partial charge in [-0.25, -0.2) is 9.67 Å². The van der Waals surface area contributed by atoms with Crippen molar-refractivity contribution in [3.63, 3.8) is 0 Å². The number of carbonyl (C=O) groups excluding carboxylic acids is 1. The molecule has 0 bridgehead atoms. The Kier molecular flexibility index (Phi) is 3.69. The van der Waals surface area contributed by atoms with Gasteiger partial charge in [0.05, 0.1) is 6.54 Å². The van der Waals surface area contributed by atoms with E-state index in [4.69, 9.17) is 0 Å². The number of carbonyl (C=O) groups is 1. The number of hydrogen-bond donors (Lipinski definition) is 1. The van der Waals surface area contributed by atoms with Crippen LogP contribution in [-0.4, -0.2) is 30.9 Å². The Balaban J connectivity index is 1.66. The first-order valence-electron chi connectivity index (χ1n) is 6.23. The monoisotopic (exact) mass is 300 g/mol. The van der Waals surface area contributed by atoms with Gasteiger partial charge >= 0.3 is 0 Å². The van der Waals surface area contributed by atoms with E-state index in [9.17, 15) is 4.79 Å². The summed E-state index contributed by atoms with van der Waals surface area (Å²) in [6.07, 6.45) is 3.06. The van der Waals surface area contributed by atoms with Gasteiger partial charge < -0.3 is 0 Å². The van der Waals surface area contributed by atoms with Gasteiger partial charge in [-0.2, -0.15) is 5.10 Å². The lowest BCUT2D eigenvalue weighted by atomic mass is 10.1. The SMILES string of the molecule is Cc1ccc(C(=O)Nc2nnc(Cn3cncn3)s2)cc1. The van der Waals surface area contributed by atoms with Gasteiger partial charge in [-0.3, -0.25) is 10.1 Å². The van der Waals surface area contributed by atoms with E-state index >= 15 is 0 Å². The molecule has 0 saturated carbocycles. The molecule has 2 heterocycles. The quantitative estimate of drug-likeness (QED) is 0.793. The van der Waals surface area contributed by atoms with Crippen LogP contribution in [0.3, 0.4) is 0 Å². The predicted molar refractivity (Wildman–Crippen MR) is 78.2 cm³/mol. The summed E-state index contributed by atoms with van der Waals surface area (Å²) in [6.45, 7) is 2.46. The Morgan fingerprint density at radius 2 is 2.10 bits per heavy atom. The molecule has 21 heavy (non-hydrogen) atoms. The Labute approximate surface area is 124 Å². The third-order valence-corrected chi connectivity index (χ3v) is 3.59. The lowest BCUT2D eigenvalue weighted by Gasteiger charge is -2.01. The van der Waals surface area contributed by atoms with Gasteiger partial charge in [0, 0.05) is 5.56 Å². The molecule has 0 aliphatic heterocycles. The molecule has 0 radical (unpaired) electrons. The molecule has 0 aliphatic carbocycles. The minimum atomic E-state index is -0.196. The van der Waals surface area contributed by atoms with Gasteiger partial charge in [0.2, 0.25) is 5.13 Å². The van der Waals surface area contributed by atoms with Crippen molar-refractivity contribution in [3.05, 3.63) is 53.1 Å². The molecule has 3 rings (SSSR count). The van der Waals surface area contributed by atoms with Crippen molar-refractivity contribution in [3.8, 4) is 0 Å². The van der Waals surface area contributed by atoms with Crippen LogP contribution in [0.4, 0.5) is 5.13 Å². The zero-order valence-corrected chi connectivity index (χ0v) is 12.0. The normalized spacial score (nSPS) is 10.5. The van der Waals surface area contributed by atoms with Crippen LogP contribution in [0.1, 0.15) is 20.9 Å². The molecule has 0 aliphatic rings. The first-order chi connectivity index (χ1) is 10.2. The summed E-state index contributed by atoms with van der Waals surface area (Å²) in [5, 5.41) is 15.9. The summed E-state index contributed by atoms with van der Waals surface area (Å²) in [7, 11) is 0. The first kappa shape index (κ1) is 13.4. The average Bonchev–Trinajstić information content (AvgIpc) is 3.12. The number of hydrogen-bond acceptors (Lipinski definition) is 6. The van der Waals surface area contributed by atoms with E-state index in [2.05, 4.69) is 25.6 Å². The van der Waals surface area contributed by atoms with Gasteiger partial charge in [-0.1, -0.05) is 29.0 Å². The van der Waals surface area contributed by atoms with Crippen LogP contribution in [0.15, 0.2) is 36.9 Å². The van der Waals surface area contributed by atoms with Gasteiger partial charge in [0.15, 0.2) is 0 Å². The third-order valence-electron chi connectivity index (χ3n) is 2.76. The molecule has 0 spiro atoms. The number of nitrogens with one attached hydrogen (secondary N) is 1. The Bertz CT molecular complexity index is 734. The first-order valence-corrected chi connectivity index (χ1v) is 7.05. The van der Waals surface area contributed by atoms with E-state index in [1.165, 1.54) is 17.7 Å². The van der Waals surface area contributed by atoms with E-state index in [0.29, 0.717) is 17.2 Å². The van der Waals surface area contributed by atoms with Crippen LogP contribution in [-0.2, 0) is 6.54 Å². The summed E-state index contributed by atoms with van der Waals surface area (Å²) < 4.78 is 1.64. The molecule has 1 amide bonds. The standard InChI is InChI=1S/C13H12N6OS/c1-9-2-4-10(5-3-9)12(20)16-13-18-17-11(21-13)6-19-8-14-7-15-19/h2-5,7-8H,6H2,1H3,(H,16,18,20). The average molecular weight is 300 g/mol. The molecule has 8 heteroatoms. The summed E-state index contributed by atoms with van der Waals surface area (Å²) in [6, 6.07) is 7.35. The lowest BCUT2D eigenvalue weighted by molar-refractivity contribution is 0.102. The Morgan fingerprint density at radius 1 is 1.29 bits per heavy atom. The number of anilines is 1. The number of aromatic nitrogens is 5. The third kappa shape index (κ3) is 3.29. The number of nitrogens with zero attached hydrogens (tertiary/aromatic N) is 5. The van der Waals surface area contributed by atoms with E-state index in [1.54, 1.807) is 23.1 Å². The highest BCUT2D eigenvalue weighted by atomic mass is 32.1. The van der Waals surface area contributed by atoms with Crippen LogP contribution in [0.25, 0.3) is 0 Å².